The number of nitrogens with zero attached hydrogens (tertiary/aromatic N) is 1. The van der Waals surface area contributed by atoms with Crippen LogP contribution in [-0.4, -0.2) is 10.2 Å². The Morgan fingerprint density at radius 2 is 2.23 bits per heavy atom. The molecule has 13 heavy (non-hydrogen) atoms. The Labute approximate surface area is 72.4 Å². The predicted octanol–water partition coefficient (Wildman–Crippen LogP) is 0.104. The van der Waals surface area contributed by atoms with E-state index in [-0.39, 0.29) is 11.5 Å². The molecule has 6 heteroatoms. The molecule has 1 heterocycles. The van der Waals surface area contributed by atoms with E-state index in [9.17, 15) is 9.70 Å². The van der Waals surface area contributed by atoms with E-state index in [1.807, 2.05) is 0 Å². The zero-order valence-corrected chi connectivity index (χ0v) is 6.56. The third kappa shape index (κ3) is 1.91. The Morgan fingerprint density at radius 3 is 2.77 bits per heavy atom. The Morgan fingerprint density at radius 1 is 1.54 bits per heavy atom. The number of aromatic hydroxyl groups is 1. The second-order valence-corrected chi connectivity index (χ2v) is 2.29. The van der Waals surface area contributed by atoms with Crippen LogP contribution >= 0.6 is 0 Å². The van der Waals surface area contributed by atoms with Gasteiger partial charge in [0.1, 0.15) is 18.9 Å². The monoisotopic (exact) mass is 185 g/mol. The van der Waals surface area contributed by atoms with Crippen molar-refractivity contribution in [3.63, 3.8) is 0 Å². The first-order valence-corrected chi connectivity index (χ1v) is 3.44. The van der Waals surface area contributed by atoms with Crippen LogP contribution in [0.4, 0.5) is 0 Å². The van der Waals surface area contributed by atoms with Crippen LogP contribution in [0.5, 0.6) is 5.75 Å². The topological polar surface area (TPSA) is 100 Å². The largest absolute Gasteiger partial charge is 0.502 e. The van der Waals surface area contributed by atoms with Gasteiger partial charge in [-0.2, -0.15) is 4.91 Å². The lowest BCUT2D eigenvalue weighted by molar-refractivity contribution is 0.235. The molecule has 0 bridgehead atoms. The molecule has 0 aromatic carbocycles. The number of nitroso groups, excluding NO2 is 1. The van der Waals surface area contributed by atoms with Gasteiger partial charge in [0.25, 0.3) is 0 Å². The van der Waals surface area contributed by atoms with Crippen molar-refractivity contribution in [2.45, 2.75) is 13.2 Å². The van der Waals surface area contributed by atoms with Crippen LogP contribution < -0.4 is 5.43 Å². The van der Waals surface area contributed by atoms with Crippen LogP contribution in [0.25, 0.3) is 0 Å². The summed E-state index contributed by atoms with van der Waals surface area (Å²) in [4.78, 5) is 20.8. The van der Waals surface area contributed by atoms with Crippen LogP contribution in [0, 0.1) is 4.91 Å². The summed E-state index contributed by atoms with van der Waals surface area (Å²) in [6.07, 6.45) is 0. The van der Waals surface area contributed by atoms with E-state index in [0.29, 0.717) is 0 Å². The highest BCUT2D eigenvalue weighted by atomic mass is 16.4. The zero-order chi connectivity index (χ0) is 9.84. The second kappa shape index (κ2) is 3.81. The molecule has 0 amide bonds. The van der Waals surface area contributed by atoms with Gasteiger partial charge in [-0.15, -0.1) is 0 Å². The van der Waals surface area contributed by atoms with Crippen molar-refractivity contribution >= 4 is 0 Å². The normalized spacial score (nSPS) is 9.92. The number of hydrogen-bond acceptors (Lipinski definition) is 6. The quantitative estimate of drug-likeness (QED) is 0.650. The van der Waals surface area contributed by atoms with Crippen molar-refractivity contribution in [1.29, 1.82) is 0 Å². The SMILES string of the molecule is O=NCc1oc(CO)cc(=O)c1O. The van der Waals surface area contributed by atoms with Gasteiger partial charge in [-0.1, -0.05) is 5.18 Å². The highest BCUT2D eigenvalue weighted by Gasteiger charge is 2.10. The molecule has 0 aliphatic carbocycles. The lowest BCUT2D eigenvalue weighted by atomic mass is 10.3. The summed E-state index contributed by atoms with van der Waals surface area (Å²) in [6.45, 7) is -0.906. The van der Waals surface area contributed by atoms with Gasteiger partial charge in [-0.25, -0.2) is 0 Å². The fourth-order valence-corrected chi connectivity index (χ4v) is 0.832. The highest BCUT2D eigenvalue weighted by Crippen LogP contribution is 2.14. The second-order valence-electron chi connectivity index (χ2n) is 2.29. The van der Waals surface area contributed by atoms with E-state index in [0.717, 1.165) is 6.07 Å². The molecule has 0 unspecified atom stereocenters. The highest BCUT2D eigenvalue weighted by molar-refractivity contribution is 5.24. The molecule has 0 aliphatic rings. The van der Waals surface area contributed by atoms with Crippen molar-refractivity contribution in [3.8, 4) is 5.75 Å². The molecule has 0 atom stereocenters. The summed E-state index contributed by atoms with van der Waals surface area (Å²) < 4.78 is 4.78. The van der Waals surface area contributed by atoms with Crippen molar-refractivity contribution in [2.24, 2.45) is 5.18 Å². The molecule has 1 aromatic heterocycles. The molecule has 0 aliphatic heterocycles. The summed E-state index contributed by atoms with van der Waals surface area (Å²) in [5.74, 6) is -0.884. The van der Waals surface area contributed by atoms with Gasteiger partial charge in [0.2, 0.25) is 11.2 Å². The van der Waals surface area contributed by atoms with Gasteiger partial charge in [0.15, 0.2) is 5.76 Å². The molecule has 0 saturated heterocycles. The summed E-state index contributed by atoms with van der Waals surface area (Å²) in [5.41, 5.74) is -0.700. The third-order valence-corrected chi connectivity index (χ3v) is 1.41. The lowest BCUT2D eigenvalue weighted by Crippen LogP contribution is -2.04. The van der Waals surface area contributed by atoms with E-state index >= 15 is 0 Å². The lowest BCUT2D eigenvalue weighted by Gasteiger charge is -2.00. The van der Waals surface area contributed by atoms with E-state index in [1.165, 1.54) is 0 Å². The van der Waals surface area contributed by atoms with Gasteiger partial charge in [-0.05, 0) is 0 Å². The number of aliphatic hydroxyl groups is 1. The minimum Gasteiger partial charge on any atom is -0.502 e. The summed E-state index contributed by atoms with van der Waals surface area (Å²) in [6, 6.07) is 0.948. The van der Waals surface area contributed by atoms with E-state index < -0.39 is 24.3 Å². The van der Waals surface area contributed by atoms with Crippen LogP contribution in [0.3, 0.4) is 0 Å². The van der Waals surface area contributed by atoms with Gasteiger partial charge < -0.3 is 14.6 Å². The Balaban J connectivity index is 3.24. The molecule has 70 valence electrons. The zero-order valence-electron chi connectivity index (χ0n) is 6.56. The van der Waals surface area contributed by atoms with E-state index in [1.54, 1.807) is 0 Å². The maximum absolute atomic E-state index is 10.9. The minimum absolute atomic E-state index is 0.0125. The van der Waals surface area contributed by atoms with Crippen LogP contribution in [-0.2, 0) is 13.2 Å². The van der Waals surface area contributed by atoms with Crippen LogP contribution in [0.2, 0.25) is 0 Å². The molecule has 1 rings (SSSR count). The first kappa shape index (κ1) is 9.40. The molecule has 6 nitrogen and oxygen atoms in total. The average Bonchev–Trinajstić information content (AvgIpc) is 2.13. The predicted molar refractivity (Wildman–Crippen MR) is 42.1 cm³/mol. The van der Waals surface area contributed by atoms with Crippen molar-refractivity contribution in [3.05, 3.63) is 32.7 Å². The Hall–Kier alpha value is -1.69. The smallest absolute Gasteiger partial charge is 0.227 e. The molecule has 0 radical (unpaired) electrons. The summed E-state index contributed by atoms with van der Waals surface area (Å²) in [5, 5.41) is 20.1. The maximum Gasteiger partial charge on any atom is 0.227 e. The molecule has 1 aromatic rings. The van der Waals surface area contributed by atoms with Gasteiger partial charge >= 0.3 is 0 Å². The molecule has 2 N–H and O–H groups in total. The summed E-state index contributed by atoms with van der Waals surface area (Å²) in [7, 11) is 0. The molecular formula is C7H7NO5. The number of hydrogen-bond donors (Lipinski definition) is 2. The molecule has 0 fully saturated rings. The first-order chi connectivity index (χ1) is 6.19. The first-order valence-electron chi connectivity index (χ1n) is 3.44. The van der Waals surface area contributed by atoms with Gasteiger partial charge in [0, 0.05) is 6.07 Å². The fourth-order valence-electron chi connectivity index (χ4n) is 0.832. The third-order valence-electron chi connectivity index (χ3n) is 1.41. The Bertz CT molecular complexity index is 370. The van der Waals surface area contributed by atoms with Crippen molar-refractivity contribution in [2.75, 3.05) is 0 Å². The van der Waals surface area contributed by atoms with Crippen LogP contribution in [0.15, 0.2) is 20.5 Å². The molecule has 0 saturated carbocycles. The fraction of sp³-hybridized carbons (Fsp3) is 0.286. The average molecular weight is 185 g/mol. The van der Waals surface area contributed by atoms with Crippen LogP contribution in [0.1, 0.15) is 11.5 Å². The Kier molecular flexibility index (Phi) is 2.76. The molecular weight excluding hydrogens is 178 g/mol. The number of aliphatic hydroxyl groups excluding tert-OH is 1. The van der Waals surface area contributed by atoms with Gasteiger partial charge in [-0.3, -0.25) is 4.79 Å². The number of rotatable bonds is 3. The maximum atomic E-state index is 10.9. The van der Waals surface area contributed by atoms with Gasteiger partial charge in [0.05, 0.1) is 0 Å². The minimum atomic E-state index is -0.700. The summed E-state index contributed by atoms with van der Waals surface area (Å²) >= 11 is 0. The van der Waals surface area contributed by atoms with Crippen molar-refractivity contribution < 1.29 is 14.6 Å². The molecule has 0 spiro atoms. The standard InChI is InChI=1S/C7H7NO5/c9-3-4-1-5(10)7(11)6(13-4)2-8-12/h1,9,11H,2-3H2. The van der Waals surface area contributed by atoms with E-state index in [4.69, 9.17) is 14.6 Å². The van der Waals surface area contributed by atoms with E-state index in [2.05, 4.69) is 5.18 Å². The van der Waals surface area contributed by atoms with Crippen molar-refractivity contribution in [1.82, 2.24) is 0 Å².